The Bertz CT molecular complexity index is 347. The van der Waals surface area contributed by atoms with Crippen LogP contribution in [0.15, 0.2) is 0 Å². The molecule has 2 aliphatic carbocycles. The Kier molecular flexibility index (Phi) is 5.12. The van der Waals surface area contributed by atoms with Crippen LogP contribution in [0.2, 0.25) is 19.6 Å². The van der Waals surface area contributed by atoms with Gasteiger partial charge in [-0.3, -0.25) is 4.79 Å². The van der Waals surface area contributed by atoms with Crippen molar-refractivity contribution in [1.29, 1.82) is 0 Å². The minimum Gasteiger partial charge on any atom is -0.411 e. The zero-order valence-electron chi connectivity index (χ0n) is 13.8. The van der Waals surface area contributed by atoms with Crippen LogP contribution in [0.3, 0.4) is 0 Å². The van der Waals surface area contributed by atoms with Crippen LogP contribution in [0.25, 0.3) is 0 Å². The van der Waals surface area contributed by atoms with Crippen molar-refractivity contribution >= 4 is 14.1 Å². The molecule has 3 atom stereocenters. The van der Waals surface area contributed by atoms with E-state index in [9.17, 15) is 4.79 Å². The van der Waals surface area contributed by atoms with Crippen molar-refractivity contribution < 1.29 is 9.22 Å². The summed E-state index contributed by atoms with van der Waals surface area (Å²) in [6.07, 6.45) is 10.4. The van der Waals surface area contributed by atoms with Crippen molar-refractivity contribution in [2.75, 3.05) is 0 Å². The summed E-state index contributed by atoms with van der Waals surface area (Å²) in [7, 11) is -1.63. The molecule has 3 heteroatoms. The molecule has 2 aliphatic rings. The van der Waals surface area contributed by atoms with Gasteiger partial charge in [0, 0.05) is 12.3 Å². The van der Waals surface area contributed by atoms with Crippen molar-refractivity contribution in [1.82, 2.24) is 0 Å². The van der Waals surface area contributed by atoms with Crippen molar-refractivity contribution in [2.45, 2.75) is 90.0 Å². The molecule has 2 saturated carbocycles. The van der Waals surface area contributed by atoms with Gasteiger partial charge in [0.2, 0.25) is 0 Å². The predicted octanol–water partition coefficient (Wildman–Crippen LogP) is 4.94. The number of ketones is 1. The Hall–Kier alpha value is -0.153. The fraction of sp³-hybridized carbons (Fsp3) is 0.941. The molecule has 3 unspecified atom stereocenters. The van der Waals surface area contributed by atoms with Crippen molar-refractivity contribution in [2.24, 2.45) is 11.8 Å². The number of fused-ring (bicyclic) bond motifs is 1. The number of carbonyl (C=O) groups is 1. The van der Waals surface area contributed by atoms with Crippen molar-refractivity contribution in [3.63, 3.8) is 0 Å². The molecule has 0 saturated heterocycles. The van der Waals surface area contributed by atoms with E-state index in [1.807, 2.05) is 0 Å². The smallest absolute Gasteiger partial charge is 0.184 e. The molecule has 2 nitrogen and oxygen atoms in total. The normalized spacial score (nSPS) is 36.7. The highest BCUT2D eigenvalue weighted by Crippen LogP contribution is 2.45. The monoisotopic (exact) mass is 296 g/mol. The summed E-state index contributed by atoms with van der Waals surface area (Å²) >= 11 is 0. The Morgan fingerprint density at radius 2 is 1.75 bits per heavy atom. The van der Waals surface area contributed by atoms with Gasteiger partial charge in [-0.2, -0.15) is 0 Å². The van der Waals surface area contributed by atoms with Gasteiger partial charge in [-0.15, -0.1) is 0 Å². The summed E-state index contributed by atoms with van der Waals surface area (Å²) in [5, 5.41) is 0. The van der Waals surface area contributed by atoms with E-state index in [0.29, 0.717) is 11.7 Å². The molecule has 0 heterocycles. The summed E-state index contributed by atoms with van der Waals surface area (Å²) in [5.74, 6) is 1.17. The Morgan fingerprint density at radius 3 is 2.45 bits per heavy atom. The van der Waals surface area contributed by atoms with Crippen LogP contribution >= 0.6 is 0 Å². The van der Waals surface area contributed by atoms with Gasteiger partial charge in [0.05, 0.1) is 5.60 Å². The molecule has 0 spiro atoms. The second kappa shape index (κ2) is 6.31. The van der Waals surface area contributed by atoms with Crippen LogP contribution in [0, 0.1) is 11.8 Å². The van der Waals surface area contributed by atoms with Gasteiger partial charge < -0.3 is 4.43 Å². The summed E-state index contributed by atoms with van der Waals surface area (Å²) < 4.78 is 6.72. The second-order valence-corrected chi connectivity index (χ2v) is 12.5. The number of carbonyl (C=O) groups excluding carboxylic acids is 1. The number of Topliss-reactive ketones (excluding diaryl/α,β-unsaturated/α-hetero) is 1. The summed E-state index contributed by atoms with van der Waals surface area (Å²) in [6.45, 7) is 9.05. The quantitative estimate of drug-likeness (QED) is 0.675. The fourth-order valence-corrected chi connectivity index (χ4v) is 5.91. The van der Waals surface area contributed by atoms with Gasteiger partial charge in [0.15, 0.2) is 8.32 Å². The molecule has 0 aromatic carbocycles. The first-order chi connectivity index (χ1) is 9.32. The van der Waals surface area contributed by atoms with Crippen LogP contribution < -0.4 is 0 Å². The van der Waals surface area contributed by atoms with Crippen molar-refractivity contribution in [3.8, 4) is 0 Å². The lowest BCUT2D eigenvalue weighted by molar-refractivity contribution is -0.141. The van der Waals surface area contributed by atoms with E-state index < -0.39 is 8.32 Å². The van der Waals surface area contributed by atoms with Gasteiger partial charge in [0.1, 0.15) is 5.78 Å². The Labute approximate surface area is 125 Å². The maximum Gasteiger partial charge on any atom is 0.184 e. The second-order valence-electron chi connectivity index (χ2n) is 8.12. The molecule has 20 heavy (non-hydrogen) atoms. The third-order valence-electron chi connectivity index (χ3n) is 4.87. The van der Waals surface area contributed by atoms with E-state index in [0.717, 1.165) is 25.7 Å². The van der Waals surface area contributed by atoms with Crippen LogP contribution in [0.5, 0.6) is 0 Å². The summed E-state index contributed by atoms with van der Waals surface area (Å²) in [5.41, 5.74) is -0.121. The topological polar surface area (TPSA) is 26.3 Å². The van der Waals surface area contributed by atoms with E-state index in [2.05, 4.69) is 26.6 Å². The molecule has 0 N–H and O–H groups in total. The minimum absolute atomic E-state index is 0.121. The molecular formula is C17H32O2Si. The molecule has 116 valence electrons. The molecule has 0 aliphatic heterocycles. The van der Waals surface area contributed by atoms with E-state index in [1.54, 1.807) is 0 Å². The van der Waals surface area contributed by atoms with Crippen LogP contribution in [0.4, 0.5) is 0 Å². The molecule has 2 rings (SSSR count). The predicted molar refractivity (Wildman–Crippen MR) is 86.4 cm³/mol. The Morgan fingerprint density at radius 1 is 1.10 bits per heavy atom. The first kappa shape index (κ1) is 16.2. The lowest BCUT2D eigenvalue weighted by atomic mass is 9.67. The average Bonchev–Trinajstić information content (AvgIpc) is 2.36. The lowest BCUT2D eigenvalue weighted by Gasteiger charge is -2.49. The SMILES string of the molecule is CC1CC(=O)C2CCCCCCCC2(O[Si](C)(C)C)C1. The number of hydrogen-bond acceptors (Lipinski definition) is 2. The number of hydrogen-bond donors (Lipinski definition) is 0. The van der Waals surface area contributed by atoms with Gasteiger partial charge in [-0.25, -0.2) is 0 Å². The molecule has 0 amide bonds. The summed E-state index contributed by atoms with van der Waals surface area (Å²) in [6, 6.07) is 0. The first-order valence-electron chi connectivity index (χ1n) is 8.55. The lowest BCUT2D eigenvalue weighted by Crippen LogP contribution is -2.54. The van der Waals surface area contributed by atoms with E-state index in [-0.39, 0.29) is 11.5 Å². The Balaban J connectivity index is 2.29. The van der Waals surface area contributed by atoms with Gasteiger partial charge >= 0.3 is 0 Å². The summed E-state index contributed by atoms with van der Waals surface area (Å²) in [4.78, 5) is 12.6. The van der Waals surface area contributed by atoms with E-state index >= 15 is 0 Å². The van der Waals surface area contributed by atoms with Gasteiger partial charge in [-0.1, -0.05) is 39.0 Å². The molecular weight excluding hydrogens is 264 g/mol. The highest BCUT2D eigenvalue weighted by molar-refractivity contribution is 6.69. The van der Waals surface area contributed by atoms with E-state index in [1.165, 1.54) is 32.1 Å². The molecule has 2 fully saturated rings. The van der Waals surface area contributed by atoms with Crippen molar-refractivity contribution in [3.05, 3.63) is 0 Å². The zero-order valence-corrected chi connectivity index (χ0v) is 14.8. The van der Waals surface area contributed by atoms with Gasteiger partial charge in [-0.05, 0) is 44.8 Å². The van der Waals surface area contributed by atoms with Crippen LogP contribution in [-0.2, 0) is 9.22 Å². The fourth-order valence-electron chi connectivity index (χ4n) is 4.36. The third kappa shape index (κ3) is 3.94. The maximum absolute atomic E-state index is 12.6. The average molecular weight is 297 g/mol. The van der Waals surface area contributed by atoms with Crippen LogP contribution in [-0.4, -0.2) is 19.7 Å². The standard InChI is InChI=1S/C17H32O2Si/c1-14-12-16(18)15-10-8-6-5-7-9-11-17(15,13-14)19-20(2,3)4/h14-15H,5-13H2,1-4H3. The minimum atomic E-state index is -1.63. The first-order valence-corrected chi connectivity index (χ1v) is 12.0. The highest BCUT2D eigenvalue weighted by Gasteiger charge is 2.49. The van der Waals surface area contributed by atoms with Crippen LogP contribution in [0.1, 0.15) is 64.7 Å². The molecule has 0 bridgehead atoms. The number of rotatable bonds is 2. The van der Waals surface area contributed by atoms with Gasteiger partial charge in [0.25, 0.3) is 0 Å². The van der Waals surface area contributed by atoms with E-state index in [4.69, 9.17) is 4.43 Å². The maximum atomic E-state index is 12.6. The zero-order chi connectivity index (χ0) is 14.8. The molecule has 0 radical (unpaired) electrons. The molecule has 0 aromatic heterocycles. The largest absolute Gasteiger partial charge is 0.411 e. The highest BCUT2D eigenvalue weighted by atomic mass is 28.4. The third-order valence-corrected chi connectivity index (χ3v) is 5.89. The molecule has 0 aromatic rings.